The topological polar surface area (TPSA) is 107 Å². The SMILES string of the molecule is O=C(O)c1cccc(N/N=C2/C(=O)N(c3nc(-c4ccccc4)cs3)N=C2c2ccccc2)c1. The number of carbonyl (C=O) groups excluding carboxylic acids is 1. The molecule has 0 saturated heterocycles. The van der Waals surface area contributed by atoms with Gasteiger partial charge in [-0.25, -0.2) is 9.78 Å². The molecule has 2 N–H and O–H groups in total. The Morgan fingerprint density at radius 3 is 2.35 bits per heavy atom. The van der Waals surface area contributed by atoms with Crippen molar-refractivity contribution in [3.8, 4) is 11.3 Å². The Morgan fingerprint density at radius 2 is 1.65 bits per heavy atom. The van der Waals surface area contributed by atoms with Gasteiger partial charge in [0, 0.05) is 16.5 Å². The molecule has 3 aromatic carbocycles. The van der Waals surface area contributed by atoms with Gasteiger partial charge in [-0.15, -0.1) is 11.3 Å². The lowest BCUT2D eigenvalue weighted by molar-refractivity contribution is -0.112. The first kappa shape index (κ1) is 21.2. The number of carbonyl (C=O) groups is 2. The van der Waals surface area contributed by atoms with Crippen LogP contribution in [0.15, 0.2) is 101 Å². The van der Waals surface area contributed by atoms with Crippen LogP contribution in [0.5, 0.6) is 0 Å². The molecule has 166 valence electrons. The number of anilines is 2. The maximum absolute atomic E-state index is 13.3. The van der Waals surface area contributed by atoms with Crippen molar-refractivity contribution in [2.24, 2.45) is 10.2 Å². The van der Waals surface area contributed by atoms with Crippen LogP contribution in [0.1, 0.15) is 15.9 Å². The lowest BCUT2D eigenvalue weighted by Crippen LogP contribution is -2.28. The summed E-state index contributed by atoms with van der Waals surface area (Å²) in [4.78, 5) is 29.2. The summed E-state index contributed by atoms with van der Waals surface area (Å²) in [5.41, 5.74) is 6.24. The van der Waals surface area contributed by atoms with Gasteiger partial charge in [0.25, 0.3) is 0 Å². The minimum Gasteiger partial charge on any atom is -0.478 e. The fourth-order valence-electron chi connectivity index (χ4n) is 3.36. The number of hydrogen-bond donors (Lipinski definition) is 2. The molecule has 0 saturated carbocycles. The first-order valence-electron chi connectivity index (χ1n) is 10.3. The fraction of sp³-hybridized carbons (Fsp3) is 0. The molecule has 1 aliphatic rings. The average Bonchev–Trinajstić information content (AvgIpc) is 3.49. The van der Waals surface area contributed by atoms with Crippen molar-refractivity contribution in [3.63, 3.8) is 0 Å². The largest absolute Gasteiger partial charge is 0.478 e. The summed E-state index contributed by atoms with van der Waals surface area (Å²) in [5, 5.41) is 21.6. The maximum atomic E-state index is 13.3. The summed E-state index contributed by atoms with van der Waals surface area (Å²) in [6, 6.07) is 25.1. The van der Waals surface area contributed by atoms with E-state index in [2.05, 4.69) is 20.6 Å². The van der Waals surface area contributed by atoms with E-state index in [0.717, 1.165) is 16.8 Å². The summed E-state index contributed by atoms with van der Waals surface area (Å²) in [7, 11) is 0. The van der Waals surface area contributed by atoms with Gasteiger partial charge < -0.3 is 5.11 Å². The quantitative estimate of drug-likeness (QED) is 0.399. The smallest absolute Gasteiger partial charge is 0.335 e. The van der Waals surface area contributed by atoms with Crippen molar-refractivity contribution in [3.05, 3.63) is 101 Å². The minimum absolute atomic E-state index is 0.100. The number of nitrogens with one attached hydrogen (secondary N) is 1. The number of amides is 1. The third-order valence-electron chi connectivity index (χ3n) is 5.02. The van der Waals surface area contributed by atoms with E-state index in [9.17, 15) is 14.7 Å². The maximum Gasteiger partial charge on any atom is 0.335 e. The van der Waals surface area contributed by atoms with E-state index in [1.165, 1.54) is 28.5 Å². The number of thiazole rings is 1. The number of aromatic carboxylic acids is 1. The number of hydrazone groups is 2. The molecule has 1 aromatic heterocycles. The summed E-state index contributed by atoms with van der Waals surface area (Å²) in [5.74, 6) is -1.49. The van der Waals surface area contributed by atoms with Gasteiger partial charge in [0.2, 0.25) is 5.13 Å². The molecular formula is C25H17N5O3S. The normalized spacial score (nSPS) is 14.4. The van der Waals surface area contributed by atoms with Crippen LogP contribution in [0.25, 0.3) is 11.3 Å². The second-order valence-corrected chi connectivity index (χ2v) is 8.11. The molecule has 1 aliphatic heterocycles. The molecule has 4 aromatic rings. The number of nitrogens with zero attached hydrogens (tertiary/aromatic N) is 4. The van der Waals surface area contributed by atoms with Gasteiger partial charge in [-0.1, -0.05) is 66.7 Å². The standard InChI is InChI=1S/C25H17N5O3S/c31-23-22(28-27-19-13-7-12-18(14-19)24(32)33)21(17-10-5-2-6-11-17)29-30(23)25-26-20(15-34-25)16-8-3-1-4-9-16/h1-15,27H,(H,32,33)/b28-22+. The third kappa shape index (κ3) is 4.19. The van der Waals surface area contributed by atoms with Gasteiger partial charge in [0.1, 0.15) is 5.71 Å². The summed E-state index contributed by atoms with van der Waals surface area (Å²) in [6.45, 7) is 0. The van der Waals surface area contributed by atoms with Crippen LogP contribution in [0, 0.1) is 0 Å². The third-order valence-corrected chi connectivity index (χ3v) is 5.83. The van der Waals surface area contributed by atoms with Crippen LogP contribution in [-0.2, 0) is 4.79 Å². The molecule has 0 bridgehead atoms. The molecule has 1 amide bonds. The van der Waals surface area contributed by atoms with Gasteiger partial charge >= 0.3 is 11.9 Å². The Kier molecular flexibility index (Phi) is 5.67. The number of carboxylic acids is 1. The number of benzene rings is 3. The van der Waals surface area contributed by atoms with Crippen molar-refractivity contribution >= 4 is 45.5 Å². The van der Waals surface area contributed by atoms with E-state index in [0.29, 0.717) is 16.5 Å². The molecule has 5 rings (SSSR count). The number of carboxylic acid groups (broad SMARTS) is 1. The van der Waals surface area contributed by atoms with E-state index >= 15 is 0 Å². The minimum atomic E-state index is -1.05. The lowest BCUT2D eigenvalue weighted by Gasteiger charge is -2.07. The van der Waals surface area contributed by atoms with E-state index in [4.69, 9.17) is 0 Å². The van der Waals surface area contributed by atoms with Crippen molar-refractivity contribution in [2.75, 3.05) is 10.4 Å². The highest BCUT2D eigenvalue weighted by molar-refractivity contribution is 7.14. The number of rotatable bonds is 6. The molecule has 0 radical (unpaired) electrons. The molecule has 0 unspecified atom stereocenters. The van der Waals surface area contributed by atoms with Crippen LogP contribution in [-0.4, -0.2) is 33.4 Å². The average molecular weight is 468 g/mol. The highest BCUT2D eigenvalue weighted by Gasteiger charge is 2.35. The van der Waals surface area contributed by atoms with Crippen LogP contribution in [0.3, 0.4) is 0 Å². The monoisotopic (exact) mass is 467 g/mol. The molecular weight excluding hydrogens is 450 g/mol. The molecule has 9 heteroatoms. The van der Waals surface area contributed by atoms with Crippen molar-refractivity contribution < 1.29 is 14.7 Å². The van der Waals surface area contributed by atoms with Crippen molar-refractivity contribution in [1.29, 1.82) is 0 Å². The van der Waals surface area contributed by atoms with Gasteiger partial charge in [-0.2, -0.15) is 15.2 Å². The van der Waals surface area contributed by atoms with Crippen molar-refractivity contribution in [2.45, 2.75) is 0 Å². The molecule has 2 heterocycles. The van der Waals surface area contributed by atoms with Crippen LogP contribution >= 0.6 is 11.3 Å². The Labute approximate surface area is 198 Å². The van der Waals surface area contributed by atoms with E-state index in [1.807, 2.05) is 66.0 Å². The van der Waals surface area contributed by atoms with Gasteiger partial charge in [0.15, 0.2) is 5.71 Å². The van der Waals surface area contributed by atoms with E-state index < -0.39 is 11.9 Å². The van der Waals surface area contributed by atoms with Gasteiger partial charge in [-0.3, -0.25) is 10.2 Å². The number of aromatic nitrogens is 1. The van der Waals surface area contributed by atoms with Gasteiger partial charge in [-0.05, 0) is 18.2 Å². The highest BCUT2D eigenvalue weighted by atomic mass is 32.1. The predicted octanol–water partition coefficient (Wildman–Crippen LogP) is 4.73. The Bertz CT molecular complexity index is 1430. The molecule has 0 atom stereocenters. The molecule has 8 nitrogen and oxygen atoms in total. The first-order chi connectivity index (χ1) is 16.6. The Balaban J connectivity index is 1.50. The zero-order valence-electron chi connectivity index (χ0n) is 17.6. The Morgan fingerprint density at radius 1 is 0.941 bits per heavy atom. The van der Waals surface area contributed by atoms with Crippen LogP contribution in [0.2, 0.25) is 0 Å². The second kappa shape index (κ2) is 9.08. The fourth-order valence-corrected chi connectivity index (χ4v) is 4.14. The Hall–Kier alpha value is -4.63. The summed E-state index contributed by atoms with van der Waals surface area (Å²) in [6.07, 6.45) is 0. The zero-order chi connectivity index (χ0) is 23.5. The van der Waals surface area contributed by atoms with Crippen LogP contribution in [0.4, 0.5) is 10.8 Å². The zero-order valence-corrected chi connectivity index (χ0v) is 18.4. The predicted molar refractivity (Wildman–Crippen MR) is 132 cm³/mol. The summed E-state index contributed by atoms with van der Waals surface area (Å²) >= 11 is 1.31. The van der Waals surface area contributed by atoms with E-state index in [1.54, 1.807) is 12.1 Å². The molecule has 0 fully saturated rings. The van der Waals surface area contributed by atoms with Crippen LogP contribution < -0.4 is 10.4 Å². The van der Waals surface area contributed by atoms with Gasteiger partial charge in [0.05, 0.1) is 16.9 Å². The number of hydrogen-bond acceptors (Lipinski definition) is 7. The van der Waals surface area contributed by atoms with Crippen molar-refractivity contribution in [1.82, 2.24) is 4.98 Å². The second-order valence-electron chi connectivity index (χ2n) is 7.27. The molecule has 0 spiro atoms. The molecule has 34 heavy (non-hydrogen) atoms. The summed E-state index contributed by atoms with van der Waals surface area (Å²) < 4.78 is 0. The van der Waals surface area contributed by atoms with E-state index in [-0.39, 0.29) is 11.3 Å². The lowest BCUT2D eigenvalue weighted by atomic mass is 10.1. The molecule has 0 aliphatic carbocycles. The first-order valence-corrected chi connectivity index (χ1v) is 11.1. The highest BCUT2D eigenvalue weighted by Crippen LogP contribution is 2.30.